The third-order valence-corrected chi connectivity index (χ3v) is 3.59. The maximum Gasteiger partial charge on any atom is 0.127 e. The van der Waals surface area contributed by atoms with Gasteiger partial charge in [-0.25, -0.2) is 9.37 Å². The second kappa shape index (κ2) is 3.95. The smallest absolute Gasteiger partial charge is 0.127 e. The molecule has 4 heteroatoms. The Morgan fingerprint density at radius 2 is 2.22 bits per heavy atom. The van der Waals surface area contributed by atoms with Gasteiger partial charge in [0.15, 0.2) is 0 Å². The number of nitriles is 1. The summed E-state index contributed by atoms with van der Waals surface area (Å²) in [6.45, 7) is 0. The van der Waals surface area contributed by atoms with Gasteiger partial charge in [-0.2, -0.15) is 5.26 Å². The predicted molar refractivity (Wildman–Crippen MR) is 65.1 cm³/mol. The van der Waals surface area contributed by atoms with Crippen LogP contribution >= 0.6 is 0 Å². The van der Waals surface area contributed by atoms with Crippen molar-refractivity contribution in [2.24, 2.45) is 0 Å². The highest BCUT2D eigenvalue weighted by Crippen LogP contribution is 2.42. The molecule has 90 valence electrons. The Morgan fingerprint density at radius 1 is 1.39 bits per heavy atom. The molecule has 1 heterocycles. The van der Waals surface area contributed by atoms with Crippen molar-refractivity contribution in [3.05, 3.63) is 42.1 Å². The molecule has 2 aromatic rings. The number of rotatable bonds is 2. The monoisotopic (exact) mass is 241 g/mol. The van der Waals surface area contributed by atoms with E-state index >= 15 is 0 Å². The van der Waals surface area contributed by atoms with Gasteiger partial charge in [0.1, 0.15) is 17.1 Å². The number of hydrogen-bond donors (Lipinski definition) is 1. The average molecular weight is 241 g/mol. The first-order chi connectivity index (χ1) is 8.73. The Morgan fingerprint density at radius 3 is 2.83 bits per heavy atom. The first-order valence-electron chi connectivity index (χ1n) is 5.96. The van der Waals surface area contributed by atoms with Crippen LogP contribution in [0.1, 0.15) is 25.1 Å². The van der Waals surface area contributed by atoms with Gasteiger partial charge in [0.2, 0.25) is 0 Å². The summed E-state index contributed by atoms with van der Waals surface area (Å²) < 4.78 is 13.2. The molecule has 0 unspecified atom stereocenters. The van der Waals surface area contributed by atoms with Crippen LogP contribution in [0, 0.1) is 17.1 Å². The molecule has 1 fully saturated rings. The molecular weight excluding hydrogens is 229 g/mol. The number of H-pyrrole nitrogens is 1. The van der Waals surface area contributed by atoms with E-state index in [1.807, 2.05) is 6.07 Å². The van der Waals surface area contributed by atoms with E-state index in [0.29, 0.717) is 5.82 Å². The molecule has 3 nitrogen and oxygen atoms in total. The fraction of sp³-hybridized carbons (Fsp3) is 0.286. The van der Waals surface area contributed by atoms with Crippen molar-refractivity contribution in [3.8, 4) is 17.3 Å². The van der Waals surface area contributed by atoms with Gasteiger partial charge >= 0.3 is 0 Å². The van der Waals surface area contributed by atoms with Gasteiger partial charge < -0.3 is 4.98 Å². The maximum absolute atomic E-state index is 13.2. The first-order valence-corrected chi connectivity index (χ1v) is 5.96. The molecule has 1 aromatic heterocycles. The predicted octanol–water partition coefficient (Wildman–Crippen LogP) is 3.16. The maximum atomic E-state index is 13.2. The second-order valence-electron chi connectivity index (χ2n) is 4.70. The van der Waals surface area contributed by atoms with Crippen LogP contribution in [0.25, 0.3) is 11.3 Å². The van der Waals surface area contributed by atoms with E-state index in [-0.39, 0.29) is 5.82 Å². The molecule has 3 rings (SSSR count). The van der Waals surface area contributed by atoms with Gasteiger partial charge in [0.05, 0.1) is 18.0 Å². The first kappa shape index (κ1) is 11.0. The second-order valence-corrected chi connectivity index (χ2v) is 4.70. The lowest BCUT2D eigenvalue weighted by atomic mass is 9.69. The van der Waals surface area contributed by atoms with E-state index in [4.69, 9.17) is 0 Å². The fourth-order valence-corrected chi connectivity index (χ4v) is 2.30. The highest BCUT2D eigenvalue weighted by atomic mass is 19.1. The Kier molecular flexibility index (Phi) is 2.41. The number of nitrogens with zero attached hydrogens (tertiary/aromatic N) is 2. The summed E-state index contributed by atoms with van der Waals surface area (Å²) >= 11 is 0. The number of benzene rings is 1. The van der Waals surface area contributed by atoms with Gasteiger partial charge in [-0.3, -0.25) is 0 Å². The minimum atomic E-state index is -0.453. The molecule has 1 aromatic carbocycles. The van der Waals surface area contributed by atoms with Gasteiger partial charge in [-0.15, -0.1) is 0 Å². The summed E-state index contributed by atoms with van der Waals surface area (Å²) in [5.74, 6) is 0.429. The van der Waals surface area contributed by atoms with Crippen molar-refractivity contribution in [3.63, 3.8) is 0 Å². The van der Waals surface area contributed by atoms with E-state index in [9.17, 15) is 9.65 Å². The van der Waals surface area contributed by atoms with E-state index in [0.717, 1.165) is 30.5 Å². The number of halogens is 1. The van der Waals surface area contributed by atoms with E-state index in [1.165, 1.54) is 12.1 Å². The average Bonchev–Trinajstić information content (AvgIpc) is 2.78. The molecule has 0 aliphatic heterocycles. The van der Waals surface area contributed by atoms with Gasteiger partial charge in [-0.05, 0) is 31.4 Å². The van der Waals surface area contributed by atoms with Gasteiger partial charge in [0, 0.05) is 5.56 Å². The molecule has 0 spiro atoms. The molecule has 0 atom stereocenters. The lowest BCUT2D eigenvalue weighted by molar-refractivity contribution is 0.309. The Bertz CT molecular complexity index is 620. The number of aromatic nitrogens is 2. The van der Waals surface area contributed by atoms with Crippen LogP contribution in [0.3, 0.4) is 0 Å². The van der Waals surface area contributed by atoms with Crippen LogP contribution < -0.4 is 0 Å². The summed E-state index contributed by atoms with van der Waals surface area (Å²) in [6, 6.07) is 8.68. The zero-order chi connectivity index (χ0) is 12.6. The Balaban J connectivity index is 1.97. The number of nitrogens with one attached hydrogen (secondary N) is 1. The van der Waals surface area contributed by atoms with Crippen LogP contribution in [0.5, 0.6) is 0 Å². The third-order valence-electron chi connectivity index (χ3n) is 3.59. The van der Waals surface area contributed by atoms with Crippen molar-refractivity contribution in [2.45, 2.75) is 24.7 Å². The highest BCUT2D eigenvalue weighted by molar-refractivity contribution is 5.58. The van der Waals surface area contributed by atoms with Gasteiger partial charge in [-0.1, -0.05) is 12.1 Å². The topological polar surface area (TPSA) is 52.5 Å². The molecule has 1 aliphatic rings. The Hall–Kier alpha value is -2.15. The number of imidazole rings is 1. The molecule has 0 bridgehead atoms. The summed E-state index contributed by atoms with van der Waals surface area (Å²) in [6.07, 6.45) is 4.42. The minimum Gasteiger partial charge on any atom is -0.341 e. The minimum absolute atomic E-state index is 0.276. The Labute approximate surface area is 104 Å². The zero-order valence-corrected chi connectivity index (χ0v) is 9.78. The van der Waals surface area contributed by atoms with Crippen LogP contribution in [0.15, 0.2) is 30.5 Å². The lowest BCUT2D eigenvalue weighted by Gasteiger charge is -2.32. The standard InChI is InChI=1S/C14H12FN3/c15-11-4-1-3-10(7-11)12-8-17-13(18-12)14(9-16)5-2-6-14/h1,3-4,7-8H,2,5-6H2,(H,17,18). The van der Waals surface area contributed by atoms with Crippen molar-refractivity contribution in [1.82, 2.24) is 9.97 Å². The summed E-state index contributed by atoms with van der Waals surface area (Å²) in [5.41, 5.74) is 1.05. The van der Waals surface area contributed by atoms with Crippen molar-refractivity contribution in [1.29, 1.82) is 5.26 Å². The summed E-state index contributed by atoms with van der Waals surface area (Å²) in [5, 5.41) is 9.24. The molecule has 0 amide bonds. The summed E-state index contributed by atoms with van der Waals surface area (Å²) in [7, 11) is 0. The molecule has 18 heavy (non-hydrogen) atoms. The number of hydrogen-bond acceptors (Lipinski definition) is 2. The van der Waals surface area contributed by atoms with E-state index in [2.05, 4.69) is 16.0 Å². The third kappa shape index (κ3) is 1.60. The zero-order valence-electron chi connectivity index (χ0n) is 9.78. The van der Waals surface area contributed by atoms with Crippen LogP contribution in [0.2, 0.25) is 0 Å². The quantitative estimate of drug-likeness (QED) is 0.878. The van der Waals surface area contributed by atoms with Crippen LogP contribution in [-0.4, -0.2) is 9.97 Å². The largest absolute Gasteiger partial charge is 0.341 e. The van der Waals surface area contributed by atoms with Gasteiger partial charge in [0.25, 0.3) is 0 Å². The SMILES string of the molecule is N#CC1(c2ncc(-c3cccc(F)c3)[nH]2)CCC1. The van der Waals surface area contributed by atoms with E-state index in [1.54, 1.807) is 12.3 Å². The highest BCUT2D eigenvalue weighted by Gasteiger charge is 2.41. The van der Waals surface area contributed by atoms with E-state index < -0.39 is 5.41 Å². The fourth-order valence-electron chi connectivity index (χ4n) is 2.30. The summed E-state index contributed by atoms with van der Waals surface area (Å²) in [4.78, 5) is 7.44. The number of aromatic amines is 1. The molecular formula is C14H12FN3. The van der Waals surface area contributed by atoms with Crippen molar-refractivity contribution in [2.75, 3.05) is 0 Å². The molecule has 0 saturated heterocycles. The lowest BCUT2D eigenvalue weighted by Crippen LogP contribution is -2.33. The van der Waals surface area contributed by atoms with Crippen molar-refractivity contribution < 1.29 is 4.39 Å². The molecule has 1 N–H and O–H groups in total. The normalized spacial score (nSPS) is 16.9. The van der Waals surface area contributed by atoms with Crippen LogP contribution in [-0.2, 0) is 5.41 Å². The van der Waals surface area contributed by atoms with Crippen molar-refractivity contribution >= 4 is 0 Å². The molecule has 1 saturated carbocycles. The van der Waals surface area contributed by atoms with Crippen LogP contribution in [0.4, 0.5) is 4.39 Å². The molecule has 0 radical (unpaired) electrons. The molecule has 1 aliphatic carbocycles.